The number of aliphatic hydroxyl groups is 2. The van der Waals surface area contributed by atoms with Crippen LogP contribution in [0.15, 0.2) is 11.6 Å². The average molecular weight is 440 g/mol. The Morgan fingerprint density at radius 3 is 2.55 bits per heavy atom. The summed E-state index contributed by atoms with van der Waals surface area (Å²) in [5, 5.41) is 22.1. The van der Waals surface area contributed by atoms with Crippen molar-refractivity contribution >= 4 is 17.9 Å². The Labute approximate surface area is 182 Å². The van der Waals surface area contributed by atoms with E-state index < -0.39 is 53.7 Å². The van der Waals surface area contributed by atoms with Crippen molar-refractivity contribution in [3.8, 4) is 0 Å². The molecule has 9 heteroatoms. The van der Waals surface area contributed by atoms with Crippen LogP contribution >= 0.6 is 0 Å². The van der Waals surface area contributed by atoms with Gasteiger partial charge in [-0.3, -0.25) is 9.69 Å². The maximum Gasteiger partial charge on any atom is 0.342 e. The molecular weight excluding hydrogens is 406 g/mol. The van der Waals surface area contributed by atoms with Crippen LogP contribution in [0.1, 0.15) is 53.4 Å². The molecule has 0 radical (unpaired) electrons. The Balaban J connectivity index is 1.97. The molecule has 174 valence electrons. The van der Waals surface area contributed by atoms with Gasteiger partial charge in [-0.15, -0.1) is 0 Å². The quantitative estimate of drug-likeness (QED) is 0.372. The monoisotopic (exact) mass is 439 g/mol. The number of carbonyl (C=O) groups excluding carboxylic acids is 3. The lowest BCUT2D eigenvalue weighted by Gasteiger charge is -2.35. The van der Waals surface area contributed by atoms with Crippen LogP contribution in [-0.4, -0.2) is 82.2 Å². The normalized spacial score (nSPS) is 38.5. The number of hydrogen-bond donors (Lipinski definition) is 2. The van der Waals surface area contributed by atoms with Gasteiger partial charge in [0.1, 0.15) is 18.8 Å². The van der Waals surface area contributed by atoms with Crippen LogP contribution in [0, 0.1) is 5.92 Å². The van der Waals surface area contributed by atoms with Crippen molar-refractivity contribution in [1.29, 1.82) is 0 Å². The molecule has 0 aromatic rings. The van der Waals surface area contributed by atoms with E-state index in [1.165, 1.54) is 6.92 Å². The molecule has 0 aromatic carbocycles. The molecule has 9 nitrogen and oxygen atoms in total. The fraction of sp³-hybridized carbons (Fsp3) is 0.773. The summed E-state index contributed by atoms with van der Waals surface area (Å²) in [6, 6.07) is -0.264. The zero-order valence-electron chi connectivity index (χ0n) is 18.6. The molecule has 0 amide bonds. The highest BCUT2D eigenvalue weighted by molar-refractivity contribution is 5.87. The molecule has 0 saturated carbocycles. The highest BCUT2D eigenvalue weighted by Gasteiger charge is 2.51. The molecule has 2 saturated heterocycles. The van der Waals surface area contributed by atoms with E-state index in [0.29, 0.717) is 25.9 Å². The van der Waals surface area contributed by atoms with E-state index in [0.717, 1.165) is 5.57 Å². The number of rotatable bonds is 3. The van der Waals surface area contributed by atoms with E-state index >= 15 is 0 Å². The van der Waals surface area contributed by atoms with Gasteiger partial charge in [0.25, 0.3) is 0 Å². The maximum atomic E-state index is 13.1. The summed E-state index contributed by atoms with van der Waals surface area (Å²) < 4.78 is 16.4. The van der Waals surface area contributed by atoms with Crippen molar-refractivity contribution in [2.45, 2.75) is 82.8 Å². The van der Waals surface area contributed by atoms with Crippen LogP contribution < -0.4 is 0 Å². The second kappa shape index (κ2) is 8.88. The lowest BCUT2D eigenvalue weighted by molar-refractivity contribution is -0.195. The first kappa shape index (κ1) is 23.7. The van der Waals surface area contributed by atoms with E-state index in [2.05, 4.69) is 4.90 Å². The largest absolute Gasteiger partial charge is 0.459 e. The maximum absolute atomic E-state index is 13.1. The van der Waals surface area contributed by atoms with E-state index in [-0.39, 0.29) is 19.1 Å². The van der Waals surface area contributed by atoms with Crippen LogP contribution in [0.4, 0.5) is 0 Å². The summed E-state index contributed by atoms with van der Waals surface area (Å²) in [5.41, 5.74) is -3.32. The second-order valence-corrected chi connectivity index (χ2v) is 8.85. The third-order valence-corrected chi connectivity index (χ3v) is 7.11. The number of carbonyl (C=O) groups is 3. The predicted molar refractivity (Wildman–Crippen MR) is 109 cm³/mol. The summed E-state index contributed by atoms with van der Waals surface area (Å²) in [5.74, 6) is -3.21. The van der Waals surface area contributed by atoms with Crippen molar-refractivity contribution in [3.05, 3.63) is 11.6 Å². The molecule has 3 aliphatic rings. The molecule has 3 heterocycles. The van der Waals surface area contributed by atoms with Crippen molar-refractivity contribution in [2.75, 3.05) is 19.7 Å². The van der Waals surface area contributed by atoms with E-state index in [4.69, 9.17) is 14.2 Å². The van der Waals surface area contributed by atoms with Gasteiger partial charge in [0.15, 0.2) is 11.2 Å². The number of nitrogens with zero attached hydrogens (tertiary/aromatic N) is 1. The van der Waals surface area contributed by atoms with Crippen LogP contribution in [-0.2, 0) is 28.6 Å². The van der Waals surface area contributed by atoms with Crippen LogP contribution in [0.3, 0.4) is 0 Å². The summed E-state index contributed by atoms with van der Waals surface area (Å²) in [6.45, 7) is 7.71. The van der Waals surface area contributed by atoms with Gasteiger partial charge in [-0.2, -0.15) is 0 Å². The first-order valence-electron chi connectivity index (χ1n) is 11.0. The molecule has 0 aromatic heterocycles. The van der Waals surface area contributed by atoms with Gasteiger partial charge in [0.2, 0.25) is 0 Å². The molecule has 0 aliphatic carbocycles. The minimum absolute atomic E-state index is 0.0326. The fourth-order valence-corrected chi connectivity index (χ4v) is 4.58. The molecule has 0 bridgehead atoms. The summed E-state index contributed by atoms with van der Waals surface area (Å²) in [6.07, 6.45) is 0.506. The molecule has 31 heavy (non-hydrogen) atoms. The summed E-state index contributed by atoms with van der Waals surface area (Å²) in [4.78, 5) is 40.5. The van der Waals surface area contributed by atoms with Gasteiger partial charge in [0, 0.05) is 13.1 Å². The average Bonchev–Trinajstić information content (AvgIpc) is 3.32. The van der Waals surface area contributed by atoms with E-state index in [9.17, 15) is 24.6 Å². The smallest absolute Gasteiger partial charge is 0.342 e. The van der Waals surface area contributed by atoms with Gasteiger partial charge in [-0.05, 0) is 31.3 Å². The molecule has 6 atom stereocenters. The number of hydrogen-bond acceptors (Lipinski definition) is 9. The van der Waals surface area contributed by atoms with E-state index in [1.807, 2.05) is 6.08 Å². The first-order chi connectivity index (χ1) is 14.6. The summed E-state index contributed by atoms with van der Waals surface area (Å²) in [7, 11) is 0. The molecule has 3 aliphatic heterocycles. The third kappa shape index (κ3) is 4.23. The molecular formula is C22H33NO8. The van der Waals surface area contributed by atoms with Crippen molar-refractivity contribution < 1.29 is 38.8 Å². The fourth-order valence-electron chi connectivity index (χ4n) is 4.58. The molecule has 2 fully saturated rings. The lowest BCUT2D eigenvalue weighted by Crippen LogP contribution is -2.53. The standard InChI is InChI=1S/C22H33NO8/c1-5-13(3)22(28)11-17(24)30-14(4)21(27,6-2)19(25)29-12-15-7-9-23-10-8-16(18(15)23)31-20(22)26/h7,13-14,16,18,27-28H,5-6,8-12H2,1-4H3/t13-,14+,16+,18+,21-,22-/m0/s1. The summed E-state index contributed by atoms with van der Waals surface area (Å²) >= 11 is 0. The third-order valence-electron chi connectivity index (χ3n) is 7.11. The number of cyclic esters (lactones) is 2. The van der Waals surface area contributed by atoms with Gasteiger partial charge >= 0.3 is 17.9 Å². The van der Waals surface area contributed by atoms with Crippen molar-refractivity contribution in [3.63, 3.8) is 0 Å². The molecule has 3 rings (SSSR count). The Bertz CT molecular complexity index is 767. The van der Waals surface area contributed by atoms with Gasteiger partial charge in [-0.1, -0.05) is 33.3 Å². The zero-order valence-corrected chi connectivity index (χ0v) is 18.6. The van der Waals surface area contributed by atoms with E-state index in [1.54, 1.807) is 20.8 Å². The SMILES string of the molecule is CC[C@H](C)[C@@]1(O)CC(=O)O[C@H](C)[C@@](O)(CC)C(=O)OCC2=CCN3CC[C@@H](OC1=O)[C@@H]23. The number of esters is 3. The van der Waals surface area contributed by atoms with Gasteiger partial charge in [0.05, 0.1) is 12.5 Å². The first-order valence-corrected chi connectivity index (χ1v) is 11.0. The topological polar surface area (TPSA) is 123 Å². The molecule has 0 spiro atoms. The Morgan fingerprint density at radius 2 is 1.90 bits per heavy atom. The van der Waals surface area contributed by atoms with Crippen molar-refractivity contribution in [1.82, 2.24) is 4.90 Å². The Morgan fingerprint density at radius 1 is 1.19 bits per heavy atom. The molecule has 2 N–H and O–H groups in total. The number of ether oxygens (including phenoxy) is 3. The van der Waals surface area contributed by atoms with Crippen molar-refractivity contribution in [2.24, 2.45) is 5.92 Å². The minimum atomic E-state index is -2.07. The predicted octanol–water partition coefficient (Wildman–Crippen LogP) is 0.709. The van der Waals surface area contributed by atoms with Gasteiger partial charge in [-0.25, -0.2) is 9.59 Å². The highest BCUT2D eigenvalue weighted by Crippen LogP contribution is 2.35. The van der Waals surface area contributed by atoms with Crippen LogP contribution in [0.5, 0.6) is 0 Å². The molecule has 0 unspecified atom stereocenters. The Hall–Kier alpha value is -1.97. The highest BCUT2D eigenvalue weighted by atomic mass is 16.6. The van der Waals surface area contributed by atoms with Crippen LogP contribution in [0.25, 0.3) is 0 Å². The Kier molecular flexibility index (Phi) is 6.78. The van der Waals surface area contributed by atoms with Crippen LogP contribution in [0.2, 0.25) is 0 Å². The second-order valence-electron chi connectivity index (χ2n) is 8.85. The lowest BCUT2D eigenvalue weighted by atomic mass is 9.83. The van der Waals surface area contributed by atoms with Gasteiger partial charge < -0.3 is 24.4 Å². The zero-order chi connectivity index (χ0) is 23.0. The minimum Gasteiger partial charge on any atom is -0.459 e.